The average Bonchev–Trinajstić information content (AvgIpc) is 2.83. The molecule has 0 fully saturated rings. The highest BCUT2D eigenvalue weighted by Gasteiger charge is 2.14. The van der Waals surface area contributed by atoms with E-state index in [-0.39, 0.29) is 5.78 Å². The SMILES string of the molecule is COc1ccc(C(=O)c2cnc(C)s2)cc1OC. The highest BCUT2D eigenvalue weighted by atomic mass is 32.1. The van der Waals surface area contributed by atoms with Crippen LogP contribution in [0.2, 0.25) is 0 Å². The van der Waals surface area contributed by atoms with Gasteiger partial charge in [-0.05, 0) is 25.1 Å². The largest absolute Gasteiger partial charge is 0.493 e. The van der Waals surface area contributed by atoms with Gasteiger partial charge in [-0.3, -0.25) is 4.79 Å². The number of aromatic nitrogens is 1. The lowest BCUT2D eigenvalue weighted by molar-refractivity contribution is 0.104. The van der Waals surface area contributed by atoms with Gasteiger partial charge in [0.1, 0.15) is 0 Å². The number of benzene rings is 1. The fraction of sp³-hybridized carbons (Fsp3) is 0.231. The van der Waals surface area contributed by atoms with Gasteiger partial charge in [0, 0.05) is 11.8 Å². The molecular formula is C13H13NO3S. The van der Waals surface area contributed by atoms with Crippen molar-refractivity contribution in [2.24, 2.45) is 0 Å². The second kappa shape index (κ2) is 5.18. The van der Waals surface area contributed by atoms with Gasteiger partial charge in [-0.2, -0.15) is 0 Å². The third-order valence-electron chi connectivity index (χ3n) is 2.49. The van der Waals surface area contributed by atoms with Crippen LogP contribution in [0.4, 0.5) is 0 Å². The Morgan fingerprint density at radius 3 is 2.50 bits per heavy atom. The average molecular weight is 263 g/mol. The number of ether oxygens (including phenoxy) is 2. The minimum Gasteiger partial charge on any atom is -0.493 e. The van der Waals surface area contributed by atoms with E-state index in [0.29, 0.717) is 21.9 Å². The quantitative estimate of drug-likeness (QED) is 0.796. The Hall–Kier alpha value is -1.88. The lowest BCUT2D eigenvalue weighted by atomic mass is 10.1. The topological polar surface area (TPSA) is 48.4 Å². The molecule has 1 aromatic carbocycles. The minimum atomic E-state index is -0.0541. The molecule has 94 valence electrons. The summed E-state index contributed by atoms with van der Waals surface area (Å²) in [7, 11) is 3.11. The normalized spacial score (nSPS) is 10.2. The third-order valence-corrected chi connectivity index (χ3v) is 3.40. The molecule has 0 spiro atoms. The van der Waals surface area contributed by atoms with E-state index in [1.165, 1.54) is 11.3 Å². The van der Waals surface area contributed by atoms with Crippen LogP contribution in [0.1, 0.15) is 20.2 Å². The molecule has 0 aliphatic rings. The molecule has 5 heteroatoms. The van der Waals surface area contributed by atoms with Crippen LogP contribution in [-0.4, -0.2) is 25.0 Å². The van der Waals surface area contributed by atoms with Crippen molar-refractivity contribution in [3.63, 3.8) is 0 Å². The van der Waals surface area contributed by atoms with Gasteiger partial charge in [-0.1, -0.05) is 0 Å². The number of carbonyl (C=O) groups excluding carboxylic acids is 1. The van der Waals surface area contributed by atoms with E-state index in [4.69, 9.17) is 9.47 Å². The van der Waals surface area contributed by atoms with E-state index >= 15 is 0 Å². The van der Waals surface area contributed by atoms with E-state index in [0.717, 1.165) is 5.01 Å². The molecule has 0 aliphatic carbocycles. The number of carbonyl (C=O) groups is 1. The van der Waals surface area contributed by atoms with Crippen molar-refractivity contribution in [3.05, 3.63) is 39.8 Å². The number of methoxy groups -OCH3 is 2. The zero-order valence-electron chi connectivity index (χ0n) is 10.4. The molecule has 0 amide bonds. The van der Waals surface area contributed by atoms with Gasteiger partial charge in [0.25, 0.3) is 0 Å². The maximum absolute atomic E-state index is 12.2. The Labute approximate surface area is 109 Å². The summed E-state index contributed by atoms with van der Waals surface area (Å²) in [5.74, 6) is 1.10. The Morgan fingerprint density at radius 1 is 1.22 bits per heavy atom. The lowest BCUT2D eigenvalue weighted by Gasteiger charge is -2.08. The first-order valence-corrected chi connectivity index (χ1v) is 6.16. The molecule has 0 aliphatic heterocycles. The van der Waals surface area contributed by atoms with E-state index in [1.54, 1.807) is 38.6 Å². The van der Waals surface area contributed by atoms with Crippen molar-refractivity contribution in [1.82, 2.24) is 4.98 Å². The van der Waals surface area contributed by atoms with Crippen molar-refractivity contribution in [2.75, 3.05) is 14.2 Å². The smallest absolute Gasteiger partial charge is 0.204 e. The van der Waals surface area contributed by atoms with E-state index in [2.05, 4.69) is 4.98 Å². The molecule has 1 aromatic heterocycles. The van der Waals surface area contributed by atoms with Crippen molar-refractivity contribution >= 4 is 17.1 Å². The van der Waals surface area contributed by atoms with Crippen LogP contribution in [0.5, 0.6) is 11.5 Å². The fourth-order valence-corrected chi connectivity index (χ4v) is 2.33. The molecule has 0 saturated heterocycles. The zero-order valence-corrected chi connectivity index (χ0v) is 11.2. The second-order valence-corrected chi connectivity index (χ2v) is 4.88. The maximum atomic E-state index is 12.2. The molecule has 0 unspecified atom stereocenters. The number of thiazole rings is 1. The molecule has 0 atom stereocenters. The highest BCUT2D eigenvalue weighted by molar-refractivity contribution is 7.13. The van der Waals surface area contributed by atoms with E-state index in [9.17, 15) is 4.79 Å². The lowest BCUT2D eigenvalue weighted by Crippen LogP contribution is -2.00. The third kappa shape index (κ3) is 2.36. The first kappa shape index (κ1) is 12.6. The molecule has 0 N–H and O–H groups in total. The molecule has 0 bridgehead atoms. The minimum absolute atomic E-state index is 0.0541. The number of nitrogens with zero attached hydrogens (tertiary/aromatic N) is 1. The van der Waals surface area contributed by atoms with Crippen LogP contribution in [0.3, 0.4) is 0 Å². The Balaban J connectivity index is 2.36. The van der Waals surface area contributed by atoms with Crippen LogP contribution < -0.4 is 9.47 Å². The van der Waals surface area contributed by atoms with E-state index in [1.807, 2.05) is 6.92 Å². The van der Waals surface area contributed by atoms with Crippen LogP contribution >= 0.6 is 11.3 Å². The molecule has 1 heterocycles. The first-order chi connectivity index (χ1) is 8.65. The van der Waals surface area contributed by atoms with Crippen LogP contribution in [0, 0.1) is 6.92 Å². The van der Waals surface area contributed by atoms with Crippen molar-refractivity contribution in [1.29, 1.82) is 0 Å². The Kier molecular flexibility index (Phi) is 3.62. The number of ketones is 1. The zero-order chi connectivity index (χ0) is 13.1. The van der Waals surface area contributed by atoms with Gasteiger partial charge in [-0.15, -0.1) is 11.3 Å². The Bertz CT molecular complexity index is 577. The second-order valence-electron chi connectivity index (χ2n) is 3.64. The van der Waals surface area contributed by atoms with Crippen molar-refractivity contribution < 1.29 is 14.3 Å². The predicted octanol–water partition coefficient (Wildman–Crippen LogP) is 2.70. The molecule has 0 saturated carbocycles. The number of rotatable bonds is 4. The summed E-state index contributed by atoms with van der Waals surface area (Å²) >= 11 is 1.38. The molecule has 4 nitrogen and oxygen atoms in total. The number of aryl methyl sites for hydroxylation is 1. The maximum Gasteiger partial charge on any atom is 0.204 e. The summed E-state index contributed by atoms with van der Waals surface area (Å²) in [5, 5.41) is 0.874. The van der Waals surface area contributed by atoms with Gasteiger partial charge < -0.3 is 9.47 Å². The van der Waals surface area contributed by atoms with Crippen LogP contribution in [0.25, 0.3) is 0 Å². The first-order valence-electron chi connectivity index (χ1n) is 5.35. The predicted molar refractivity (Wildman–Crippen MR) is 69.8 cm³/mol. The van der Waals surface area contributed by atoms with E-state index < -0.39 is 0 Å². The van der Waals surface area contributed by atoms with Crippen molar-refractivity contribution in [3.8, 4) is 11.5 Å². The van der Waals surface area contributed by atoms with Gasteiger partial charge in [0.15, 0.2) is 11.5 Å². The summed E-state index contributed by atoms with van der Waals surface area (Å²) < 4.78 is 10.3. The summed E-state index contributed by atoms with van der Waals surface area (Å²) in [4.78, 5) is 16.9. The molecule has 2 aromatic rings. The van der Waals surface area contributed by atoms with Gasteiger partial charge >= 0.3 is 0 Å². The van der Waals surface area contributed by atoms with Gasteiger partial charge in [0.2, 0.25) is 5.78 Å². The standard InChI is InChI=1S/C13H13NO3S/c1-8-14-7-12(18-8)13(15)9-4-5-10(16-2)11(6-9)17-3/h4-7H,1-3H3. The molecular weight excluding hydrogens is 250 g/mol. The summed E-state index contributed by atoms with van der Waals surface area (Å²) in [6.07, 6.45) is 1.60. The summed E-state index contributed by atoms with van der Waals surface area (Å²) in [5.41, 5.74) is 0.566. The number of hydrogen-bond acceptors (Lipinski definition) is 5. The number of hydrogen-bond donors (Lipinski definition) is 0. The van der Waals surface area contributed by atoms with Crippen molar-refractivity contribution in [2.45, 2.75) is 6.92 Å². The molecule has 0 radical (unpaired) electrons. The van der Waals surface area contributed by atoms with Gasteiger partial charge in [0.05, 0.1) is 24.1 Å². The van der Waals surface area contributed by atoms with Crippen LogP contribution in [-0.2, 0) is 0 Å². The fourth-order valence-electron chi connectivity index (χ4n) is 1.59. The van der Waals surface area contributed by atoms with Gasteiger partial charge in [-0.25, -0.2) is 4.98 Å². The highest BCUT2D eigenvalue weighted by Crippen LogP contribution is 2.29. The van der Waals surface area contributed by atoms with Crippen LogP contribution in [0.15, 0.2) is 24.4 Å². The Morgan fingerprint density at radius 2 is 1.94 bits per heavy atom. The molecule has 2 rings (SSSR count). The summed E-state index contributed by atoms with van der Waals surface area (Å²) in [6, 6.07) is 5.12. The monoisotopic (exact) mass is 263 g/mol. The molecule has 18 heavy (non-hydrogen) atoms. The summed E-state index contributed by atoms with van der Waals surface area (Å²) in [6.45, 7) is 1.87.